The Morgan fingerprint density at radius 1 is 1.16 bits per heavy atom. The van der Waals surface area contributed by atoms with Crippen LogP contribution in [0.5, 0.6) is 11.5 Å². The normalized spacial score (nSPS) is 12.2. The second-order valence-corrected chi connectivity index (χ2v) is 4.56. The van der Waals surface area contributed by atoms with E-state index in [-0.39, 0.29) is 11.9 Å². The molecule has 1 unspecified atom stereocenters. The van der Waals surface area contributed by atoms with Gasteiger partial charge in [-0.3, -0.25) is 0 Å². The third kappa shape index (κ3) is 3.12. The summed E-state index contributed by atoms with van der Waals surface area (Å²) >= 11 is 0. The van der Waals surface area contributed by atoms with Crippen LogP contribution in [0.3, 0.4) is 0 Å². The van der Waals surface area contributed by atoms with Crippen LogP contribution in [0.15, 0.2) is 42.5 Å². The zero-order valence-corrected chi connectivity index (χ0v) is 11.4. The summed E-state index contributed by atoms with van der Waals surface area (Å²) in [7, 11) is 1.91. The maximum absolute atomic E-state index is 13.2. The molecule has 2 aromatic carbocycles. The maximum Gasteiger partial charge on any atom is 0.132 e. The van der Waals surface area contributed by atoms with Gasteiger partial charge in [0.2, 0.25) is 0 Å². The summed E-state index contributed by atoms with van der Waals surface area (Å²) in [5.41, 5.74) is 1.66. The molecule has 0 amide bonds. The molecular formula is C16H18FNO. The molecule has 0 saturated heterocycles. The van der Waals surface area contributed by atoms with Gasteiger partial charge in [0.25, 0.3) is 0 Å². The van der Waals surface area contributed by atoms with Crippen LogP contribution in [0.4, 0.5) is 4.39 Å². The molecule has 0 spiro atoms. The lowest BCUT2D eigenvalue weighted by molar-refractivity contribution is 0.464. The van der Waals surface area contributed by atoms with Crippen molar-refractivity contribution in [3.05, 3.63) is 59.4 Å². The lowest BCUT2D eigenvalue weighted by Crippen LogP contribution is -2.13. The number of hydrogen-bond donors (Lipinski definition) is 1. The molecule has 1 N–H and O–H groups in total. The summed E-state index contributed by atoms with van der Waals surface area (Å²) in [5, 5.41) is 3.19. The van der Waals surface area contributed by atoms with E-state index in [0.717, 1.165) is 11.3 Å². The second kappa shape index (κ2) is 5.85. The van der Waals surface area contributed by atoms with Gasteiger partial charge in [0.15, 0.2) is 0 Å². The van der Waals surface area contributed by atoms with Crippen LogP contribution in [-0.4, -0.2) is 7.05 Å². The average Bonchev–Trinajstić information content (AvgIpc) is 2.43. The van der Waals surface area contributed by atoms with Gasteiger partial charge >= 0.3 is 0 Å². The van der Waals surface area contributed by atoms with E-state index in [1.165, 1.54) is 6.07 Å². The molecule has 0 saturated carbocycles. The molecule has 3 heteroatoms. The molecular weight excluding hydrogens is 241 g/mol. The molecule has 2 rings (SSSR count). The largest absolute Gasteiger partial charge is 0.457 e. The number of hydrogen-bond acceptors (Lipinski definition) is 2. The monoisotopic (exact) mass is 259 g/mol. The van der Waals surface area contributed by atoms with Crippen LogP contribution in [0, 0.1) is 12.7 Å². The molecule has 0 aliphatic rings. The van der Waals surface area contributed by atoms with Crippen molar-refractivity contribution in [1.82, 2.24) is 5.32 Å². The molecule has 2 aromatic rings. The predicted molar refractivity (Wildman–Crippen MR) is 75.1 cm³/mol. The van der Waals surface area contributed by atoms with Crippen molar-refractivity contribution in [3.63, 3.8) is 0 Å². The summed E-state index contributed by atoms with van der Waals surface area (Å²) in [6.45, 7) is 3.79. The van der Waals surface area contributed by atoms with Gasteiger partial charge in [0, 0.05) is 11.6 Å². The molecule has 2 nitrogen and oxygen atoms in total. The van der Waals surface area contributed by atoms with Gasteiger partial charge in [0.1, 0.15) is 17.3 Å². The van der Waals surface area contributed by atoms with Crippen molar-refractivity contribution in [1.29, 1.82) is 0 Å². The first-order valence-electron chi connectivity index (χ1n) is 6.32. The standard InChI is InChI=1S/C16H18FNO/c1-11-10-13(8-9-15(11)17)19-16-7-5-4-6-14(16)12(2)18-3/h4-10,12,18H,1-3H3. The minimum Gasteiger partial charge on any atom is -0.457 e. The molecule has 0 fully saturated rings. The van der Waals surface area contributed by atoms with Gasteiger partial charge in [-0.25, -0.2) is 4.39 Å². The van der Waals surface area contributed by atoms with E-state index in [1.807, 2.05) is 31.3 Å². The summed E-state index contributed by atoms with van der Waals surface area (Å²) < 4.78 is 19.1. The van der Waals surface area contributed by atoms with Crippen LogP contribution in [0.25, 0.3) is 0 Å². The van der Waals surface area contributed by atoms with Crippen LogP contribution in [0.1, 0.15) is 24.1 Å². The highest BCUT2D eigenvalue weighted by Crippen LogP contribution is 2.30. The summed E-state index contributed by atoms with van der Waals surface area (Å²) in [6, 6.07) is 12.8. The van der Waals surface area contributed by atoms with Crippen LogP contribution in [-0.2, 0) is 0 Å². The Labute approximate surface area is 113 Å². The van der Waals surface area contributed by atoms with Gasteiger partial charge in [-0.05, 0) is 50.7 Å². The van der Waals surface area contributed by atoms with Gasteiger partial charge in [0.05, 0.1) is 0 Å². The third-order valence-corrected chi connectivity index (χ3v) is 3.18. The topological polar surface area (TPSA) is 21.3 Å². The van der Waals surface area contributed by atoms with Gasteiger partial charge in [-0.15, -0.1) is 0 Å². The lowest BCUT2D eigenvalue weighted by Gasteiger charge is -2.16. The van der Waals surface area contributed by atoms with Crippen molar-refractivity contribution in [2.45, 2.75) is 19.9 Å². The van der Waals surface area contributed by atoms with Crippen molar-refractivity contribution < 1.29 is 9.13 Å². The molecule has 0 radical (unpaired) electrons. The van der Waals surface area contributed by atoms with E-state index >= 15 is 0 Å². The van der Waals surface area contributed by atoms with E-state index in [0.29, 0.717) is 11.3 Å². The highest BCUT2D eigenvalue weighted by molar-refractivity contribution is 5.40. The Balaban J connectivity index is 2.30. The summed E-state index contributed by atoms with van der Waals surface area (Å²) in [6.07, 6.45) is 0. The van der Waals surface area contributed by atoms with Crippen molar-refractivity contribution in [3.8, 4) is 11.5 Å². The average molecular weight is 259 g/mol. The fourth-order valence-electron chi connectivity index (χ4n) is 1.89. The van der Waals surface area contributed by atoms with Gasteiger partial charge in [-0.2, -0.15) is 0 Å². The molecule has 0 aliphatic carbocycles. The number of nitrogens with one attached hydrogen (secondary N) is 1. The van der Waals surface area contributed by atoms with E-state index in [9.17, 15) is 4.39 Å². The number of rotatable bonds is 4. The SMILES string of the molecule is CNC(C)c1ccccc1Oc1ccc(F)c(C)c1. The Kier molecular flexibility index (Phi) is 4.17. The zero-order chi connectivity index (χ0) is 13.8. The van der Waals surface area contributed by atoms with Gasteiger partial charge in [-0.1, -0.05) is 18.2 Å². The quantitative estimate of drug-likeness (QED) is 0.888. The minimum atomic E-state index is -0.218. The van der Waals surface area contributed by atoms with Gasteiger partial charge < -0.3 is 10.1 Å². The molecule has 100 valence electrons. The number of aryl methyl sites for hydroxylation is 1. The second-order valence-electron chi connectivity index (χ2n) is 4.56. The highest BCUT2D eigenvalue weighted by Gasteiger charge is 2.10. The molecule has 19 heavy (non-hydrogen) atoms. The molecule has 0 aromatic heterocycles. The first-order valence-corrected chi connectivity index (χ1v) is 6.32. The van der Waals surface area contributed by atoms with E-state index in [2.05, 4.69) is 12.2 Å². The number of benzene rings is 2. The maximum atomic E-state index is 13.2. The first-order chi connectivity index (χ1) is 9.11. The minimum absolute atomic E-state index is 0.192. The molecule has 0 bridgehead atoms. The lowest BCUT2D eigenvalue weighted by atomic mass is 10.1. The number of ether oxygens (including phenoxy) is 1. The zero-order valence-electron chi connectivity index (χ0n) is 11.4. The van der Waals surface area contributed by atoms with E-state index < -0.39 is 0 Å². The van der Waals surface area contributed by atoms with Crippen LogP contribution >= 0.6 is 0 Å². The highest BCUT2D eigenvalue weighted by atomic mass is 19.1. The van der Waals surface area contributed by atoms with E-state index in [1.54, 1.807) is 19.1 Å². The van der Waals surface area contributed by atoms with Crippen molar-refractivity contribution in [2.24, 2.45) is 0 Å². The molecule has 1 atom stereocenters. The fraction of sp³-hybridized carbons (Fsp3) is 0.250. The third-order valence-electron chi connectivity index (χ3n) is 3.18. The first kappa shape index (κ1) is 13.6. The van der Waals surface area contributed by atoms with Crippen molar-refractivity contribution in [2.75, 3.05) is 7.05 Å². The molecule has 0 heterocycles. The predicted octanol–water partition coefficient (Wildman–Crippen LogP) is 4.21. The fourth-order valence-corrected chi connectivity index (χ4v) is 1.89. The Morgan fingerprint density at radius 2 is 1.89 bits per heavy atom. The van der Waals surface area contributed by atoms with Crippen LogP contribution in [0.2, 0.25) is 0 Å². The van der Waals surface area contributed by atoms with Crippen LogP contribution < -0.4 is 10.1 Å². The Bertz CT molecular complexity index is 568. The van der Waals surface area contributed by atoms with Crippen molar-refractivity contribution >= 4 is 0 Å². The summed E-state index contributed by atoms with van der Waals surface area (Å²) in [5.74, 6) is 1.22. The van der Waals surface area contributed by atoms with E-state index in [4.69, 9.17) is 4.74 Å². The number of para-hydroxylation sites is 1. The molecule has 0 aliphatic heterocycles. The Hall–Kier alpha value is -1.87. The summed E-state index contributed by atoms with van der Waals surface area (Å²) in [4.78, 5) is 0. The number of halogens is 1. The Morgan fingerprint density at radius 3 is 2.58 bits per heavy atom. The smallest absolute Gasteiger partial charge is 0.132 e.